The largest absolute Gasteiger partial charge is 0.467 e. The lowest BCUT2D eigenvalue weighted by molar-refractivity contribution is -0.0277. The second kappa shape index (κ2) is 8.99. The zero-order valence-corrected chi connectivity index (χ0v) is 20.2. The summed E-state index contributed by atoms with van der Waals surface area (Å²) in [6, 6.07) is 8.28. The molecule has 0 saturated carbocycles. The number of carbonyl (C=O) groups is 1. The van der Waals surface area contributed by atoms with Crippen molar-refractivity contribution in [1.29, 1.82) is 0 Å². The number of hydrogen-bond acceptors (Lipinski definition) is 8. The van der Waals surface area contributed by atoms with Crippen LogP contribution in [0, 0.1) is 6.92 Å². The first kappa shape index (κ1) is 22.8. The second-order valence-corrected chi connectivity index (χ2v) is 9.18. The standard InChI is InChI=1S/C26H27N6O3/c1-16-11-19(5-6-21(16)32-9-10-35-26(2,3)15-32)30-23-22-17(7-8-27-24(22)33)12-20(31-23)18-13-28-25(34-4)29-14-18/h5-8,11-14H,9-10,15H2,1-4H3,(H,30,31). The van der Waals surface area contributed by atoms with E-state index in [1.165, 1.54) is 19.0 Å². The molecule has 2 aromatic heterocycles. The van der Waals surface area contributed by atoms with E-state index in [1.807, 2.05) is 12.1 Å². The van der Waals surface area contributed by atoms with Gasteiger partial charge >= 0.3 is 6.01 Å². The van der Waals surface area contributed by atoms with Crippen molar-refractivity contribution in [3.05, 3.63) is 59.5 Å². The van der Waals surface area contributed by atoms with Crippen LogP contribution in [-0.2, 0) is 4.74 Å². The molecule has 4 heterocycles. The number of hydrogen-bond donors (Lipinski definition) is 1. The summed E-state index contributed by atoms with van der Waals surface area (Å²) in [5.41, 5.74) is 5.45. The molecule has 1 amide bonds. The number of pyridine rings is 1. The molecule has 2 aliphatic heterocycles. The molecule has 0 unspecified atom stereocenters. The van der Waals surface area contributed by atoms with Crippen LogP contribution < -0.4 is 20.3 Å². The highest BCUT2D eigenvalue weighted by atomic mass is 16.5. The van der Waals surface area contributed by atoms with Crippen LogP contribution in [0.4, 0.5) is 17.2 Å². The van der Waals surface area contributed by atoms with E-state index in [1.54, 1.807) is 18.5 Å². The van der Waals surface area contributed by atoms with E-state index in [2.05, 4.69) is 58.4 Å². The Labute approximate surface area is 204 Å². The van der Waals surface area contributed by atoms with E-state index in [9.17, 15) is 4.79 Å². The van der Waals surface area contributed by atoms with Gasteiger partial charge in [-0.3, -0.25) is 4.79 Å². The number of aromatic nitrogens is 3. The molecule has 1 aromatic carbocycles. The van der Waals surface area contributed by atoms with Crippen LogP contribution in [0.25, 0.3) is 17.3 Å². The summed E-state index contributed by atoms with van der Waals surface area (Å²) in [6.45, 7) is 8.67. The van der Waals surface area contributed by atoms with E-state index < -0.39 is 0 Å². The van der Waals surface area contributed by atoms with Crippen LogP contribution in [0.1, 0.15) is 35.3 Å². The fraction of sp³-hybridized carbons (Fsp3) is 0.308. The molecular weight excluding hydrogens is 444 g/mol. The van der Waals surface area contributed by atoms with E-state index in [4.69, 9.17) is 14.5 Å². The van der Waals surface area contributed by atoms with Crippen LogP contribution in [0.3, 0.4) is 0 Å². The van der Waals surface area contributed by atoms with Crippen LogP contribution in [0.2, 0.25) is 0 Å². The SMILES string of the molecule is COc1ncc(-c2cc3c(c(Nc4ccc(N5CCOC(C)(C)C5)c(C)c4)n2)C(=O)[N]C=C3)cn1. The van der Waals surface area contributed by atoms with Crippen molar-refractivity contribution in [2.75, 3.05) is 37.0 Å². The fourth-order valence-electron chi connectivity index (χ4n) is 4.41. The van der Waals surface area contributed by atoms with Gasteiger partial charge in [-0.2, -0.15) is 0 Å². The number of nitrogens with zero attached hydrogens (tertiary/aromatic N) is 5. The van der Waals surface area contributed by atoms with Gasteiger partial charge in [0.1, 0.15) is 5.82 Å². The quantitative estimate of drug-likeness (QED) is 0.597. The zero-order valence-electron chi connectivity index (χ0n) is 20.2. The van der Waals surface area contributed by atoms with Gasteiger partial charge in [0.05, 0.1) is 30.6 Å². The lowest BCUT2D eigenvalue weighted by Crippen LogP contribution is -2.48. The highest BCUT2D eigenvalue weighted by molar-refractivity contribution is 6.05. The minimum Gasteiger partial charge on any atom is -0.467 e. The number of nitrogens with one attached hydrogen (secondary N) is 1. The maximum Gasteiger partial charge on any atom is 0.316 e. The minimum atomic E-state index is -0.334. The summed E-state index contributed by atoms with van der Waals surface area (Å²) in [6.07, 6.45) is 6.59. The summed E-state index contributed by atoms with van der Waals surface area (Å²) in [7, 11) is 1.52. The Kier molecular flexibility index (Phi) is 5.86. The Balaban J connectivity index is 1.49. The molecule has 179 valence electrons. The van der Waals surface area contributed by atoms with Gasteiger partial charge < -0.3 is 19.7 Å². The van der Waals surface area contributed by atoms with Crippen LogP contribution >= 0.6 is 0 Å². The van der Waals surface area contributed by atoms with Gasteiger partial charge in [-0.15, -0.1) is 0 Å². The van der Waals surface area contributed by atoms with Gasteiger partial charge in [0, 0.05) is 48.6 Å². The summed E-state index contributed by atoms with van der Waals surface area (Å²) >= 11 is 0. The highest BCUT2D eigenvalue weighted by Crippen LogP contribution is 2.32. The average Bonchev–Trinajstić information content (AvgIpc) is 2.83. The maximum atomic E-state index is 12.7. The highest BCUT2D eigenvalue weighted by Gasteiger charge is 2.28. The molecule has 3 aromatic rings. The number of rotatable bonds is 5. The van der Waals surface area contributed by atoms with E-state index in [0.29, 0.717) is 29.2 Å². The predicted molar refractivity (Wildman–Crippen MR) is 134 cm³/mol. The van der Waals surface area contributed by atoms with Gasteiger partial charge in [0.25, 0.3) is 5.91 Å². The van der Waals surface area contributed by atoms with Gasteiger partial charge in [-0.05, 0) is 62.2 Å². The molecule has 2 aliphatic rings. The molecule has 35 heavy (non-hydrogen) atoms. The van der Waals surface area contributed by atoms with Gasteiger partial charge in [0.15, 0.2) is 0 Å². The molecule has 1 N–H and O–H groups in total. The van der Waals surface area contributed by atoms with Gasteiger partial charge in [-0.25, -0.2) is 20.3 Å². The van der Waals surface area contributed by atoms with E-state index in [-0.39, 0.29) is 17.5 Å². The second-order valence-electron chi connectivity index (χ2n) is 9.18. The minimum absolute atomic E-state index is 0.187. The smallest absolute Gasteiger partial charge is 0.316 e. The van der Waals surface area contributed by atoms with Crippen LogP contribution in [0.15, 0.2) is 42.9 Å². The Morgan fingerprint density at radius 1 is 1.17 bits per heavy atom. The molecule has 0 atom stereocenters. The molecule has 0 aliphatic carbocycles. The Morgan fingerprint density at radius 2 is 1.97 bits per heavy atom. The molecule has 5 rings (SSSR count). The van der Waals surface area contributed by atoms with E-state index in [0.717, 1.165) is 29.9 Å². The van der Waals surface area contributed by atoms with Crippen LogP contribution in [-0.4, -0.2) is 53.3 Å². The number of ether oxygens (including phenoxy) is 2. The molecule has 1 fully saturated rings. The topological polar surface area (TPSA) is 104 Å². The average molecular weight is 472 g/mol. The monoisotopic (exact) mass is 471 g/mol. The summed E-state index contributed by atoms with van der Waals surface area (Å²) in [5.74, 6) is 0.102. The lowest BCUT2D eigenvalue weighted by Gasteiger charge is -2.40. The Bertz CT molecular complexity index is 1300. The van der Waals surface area contributed by atoms with Gasteiger partial charge in [-0.1, -0.05) is 0 Å². The summed E-state index contributed by atoms with van der Waals surface area (Å²) < 4.78 is 10.9. The van der Waals surface area contributed by atoms with Crippen molar-refractivity contribution in [1.82, 2.24) is 20.3 Å². The first-order chi connectivity index (χ1) is 16.8. The van der Waals surface area contributed by atoms with Crippen molar-refractivity contribution in [3.63, 3.8) is 0 Å². The first-order valence-electron chi connectivity index (χ1n) is 11.4. The number of fused-ring (bicyclic) bond motifs is 1. The van der Waals surface area contributed by atoms with Crippen molar-refractivity contribution in [3.8, 4) is 17.3 Å². The summed E-state index contributed by atoms with van der Waals surface area (Å²) in [4.78, 5) is 28.1. The third-order valence-electron chi connectivity index (χ3n) is 6.04. The van der Waals surface area contributed by atoms with Crippen molar-refractivity contribution >= 4 is 29.2 Å². The normalized spacial score (nSPS) is 16.5. The molecule has 1 saturated heterocycles. The number of benzene rings is 1. The van der Waals surface area contributed by atoms with Crippen molar-refractivity contribution < 1.29 is 14.3 Å². The molecular formula is C26H27N6O3. The molecule has 0 bridgehead atoms. The molecule has 9 nitrogen and oxygen atoms in total. The predicted octanol–water partition coefficient (Wildman–Crippen LogP) is 3.94. The number of aryl methyl sites for hydroxylation is 1. The molecule has 1 radical (unpaired) electrons. The third kappa shape index (κ3) is 4.67. The Morgan fingerprint density at radius 3 is 2.69 bits per heavy atom. The number of carbonyl (C=O) groups excluding carboxylic acids is 1. The third-order valence-corrected chi connectivity index (χ3v) is 6.04. The fourth-order valence-corrected chi connectivity index (χ4v) is 4.41. The lowest BCUT2D eigenvalue weighted by atomic mass is 10.0. The van der Waals surface area contributed by atoms with Gasteiger partial charge in [0.2, 0.25) is 0 Å². The molecule has 0 spiro atoms. The maximum absolute atomic E-state index is 12.7. The van der Waals surface area contributed by atoms with E-state index >= 15 is 0 Å². The first-order valence-corrected chi connectivity index (χ1v) is 11.4. The zero-order chi connectivity index (χ0) is 24.6. The number of methoxy groups -OCH3 is 1. The molecule has 9 heteroatoms. The Hall–Kier alpha value is -3.98. The van der Waals surface area contributed by atoms with Crippen molar-refractivity contribution in [2.24, 2.45) is 0 Å². The number of morpholine rings is 1. The van der Waals surface area contributed by atoms with Crippen LogP contribution in [0.5, 0.6) is 6.01 Å². The summed E-state index contributed by atoms with van der Waals surface area (Å²) in [5, 5.41) is 7.29. The van der Waals surface area contributed by atoms with Crippen molar-refractivity contribution in [2.45, 2.75) is 26.4 Å². The number of anilines is 3. The number of amides is 1.